The van der Waals surface area contributed by atoms with Gasteiger partial charge in [-0.1, -0.05) is 0 Å². The van der Waals surface area contributed by atoms with Crippen LogP contribution in [0.1, 0.15) is 19.8 Å². The van der Waals surface area contributed by atoms with Gasteiger partial charge in [0.25, 0.3) is 0 Å². The molecule has 23 heavy (non-hydrogen) atoms. The lowest BCUT2D eigenvalue weighted by Crippen LogP contribution is -2.37. The van der Waals surface area contributed by atoms with Gasteiger partial charge in [0.1, 0.15) is 12.0 Å². The third-order valence-electron chi connectivity index (χ3n) is 3.99. The standard InChI is InChI=1S/C15H25N5O3/c1-10(8-22-2)19-13-12(16)14(18-9-17-13)20-6-4-11(5-7-20)15(21)23-3/h9-11H,4-8,16H2,1-3H3,(H,17,18,19). The third kappa shape index (κ3) is 4.22. The zero-order valence-electron chi connectivity index (χ0n) is 13.9. The molecule has 0 radical (unpaired) electrons. The van der Waals surface area contributed by atoms with E-state index in [9.17, 15) is 4.79 Å². The Morgan fingerprint density at radius 3 is 2.74 bits per heavy atom. The number of hydrogen-bond donors (Lipinski definition) is 2. The minimum Gasteiger partial charge on any atom is -0.469 e. The highest BCUT2D eigenvalue weighted by molar-refractivity contribution is 5.76. The molecule has 1 fully saturated rings. The fourth-order valence-electron chi connectivity index (χ4n) is 2.77. The number of anilines is 3. The summed E-state index contributed by atoms with van der Waals surface area (Å²) in [7, 11) is 3.08. The Bertz CT molecular complexity index is 532. The Morgan fingerprint density at radius 2 is 2.13 bits per heavy atom. The first kappa shape index (κ1) is 17.3. The van der Waals surface area contributed by atoms with Crippen molar-refractivity contribution in [3.63, 3.8) is 0 Å². The molecule has 1 aromatic rings. The van der Waals surface area contributed by atoms with Crippen molar-refractivity contribution in [1.82, 2.24) is 9.97 Å². The molecular formula is C15H25N5O3. The zero-order chi connectivity index (χ0) is 16.8. The highest BCUT2D eigenvalue weighted by Crippen LogP contribution is 2.30. The number of nitrogens with zero attached hydrogens (tertiary/aromatic N) is 3. The van der Waals surface area contributed by atoms with E-state index < -0.39 is 0 Å². The molecule has 1 atom stereocenters. The number of aromatic nitrogens is 2. The molecule has 0 saturated carbocycles. The van der Waals surface area contributed by atoms with Gasteiger partial charge in [-0.2, -0.15) is 0 Å². The molecule has 8 heteroatoms. The van der Waals surface area contributed by atoms with Crippen LogP contribution in [-0.4, -0.2) is 55.9 Å². The summed E-state index contributed by atoms with van der Waals surface area (Å²) >= 11 is 0. The summed E-state index contributed by atoms with van der Waals surface area (Å²) in [6, 6.07) is 0.0927. The van der Waals surface area contributed by atoms with Gasteiger partial charge in [0.2, 0.25) is 0 Å². The summed E-state index contributed by atoms with van der Waals surface area (Å²) < 4.78 is 9.92. The summed E-state index contributed by atoms with van der Waals surface area (Å²) in [6.45, 7) is 3.98. The van der Waals surface area contributed by atoms with Crippen molar-refractivity contribution in [2.45, 2.75) is 25.8 Å². The molecular weight excluding hydrogens is 298 g/mol. The number of piperidine rings is 1. The topological polar surface area (TPSA) is 103 Å². The monoisotopic (exact) mass is 323 g/mol. The van der Waals surface area contributed by atoms with Crippen LogP contribution in [0.25, 0.3) is 0 Å². The van der Waals surface area contributed by atoms with E-state index in [1.54, 1.807) is 7.11 Å². The van der Waals surface area contributed by atoms with Gasteiger partial charge in [0, 0.05) is 26.2 Å². The number of esters is 1. The molecule has 1 unspecified atom stereocenters. The van der Waals surface area contributed by atoms with Crippen LogP contribution >= 0.6 is 0 Å². The molecule has 1 saturated heterocycles. The molecule has 2 rings (SSSR count). The van der Waals surface area contributed by atoms with Gasteiger partial charge in [-0.05, 0) is 19.8 Å². The molecule has 3 N–H and O–H groups in total. The molecule has 1 aliphatic heterocycles. The Labute approximate surface area is 136 Å². The van der Waals surface area contributed by atoms with Crippen molar-refractivity contribution >= 4 is 23.3 Å². The first-order valence-corrected chi connectivity index (χ1v) is 7.75. The Balaban J connectivity index is 2.05. The average molecular weight is 323 g/mol. The number of nitrogens with two attached hydrogens (primary N) is 1. The summed E-state index contributed by atoms with van der Waals surface area (Å²) in [5.74, 6) is 1.12. The molecule has 0 bridgehead atoms. The van der Waals surface area contributed by atoms with Gasteiger partial charge in [-0.3, -0.25) is 4.79 Å². The quantitative estimate of drug-likeness (QED) is 0.744. The SMILES string of the molecule is COCC(C)Nc1ncnc(N2CCC(C(=O)OC)CC2)c1N. The molecule has 1 aromatic heterocycles. The molecule has 2 heterocycles. The summed E-state index contributed by atoms with van der Waals surface area (Å²) in [5, 5.41) is 3.22. The number of methoxy groups -OCH3 is 2. The second-order valence-electron chi connectivity index (χ2n) is 5.74. The molecule has 128 valence electrons. The largest absolute Gasteiger partial charge is 0.469 e. The van der Waals surface area contributed by atoms with Crippen molar-refractivity contribution in [2.24, 2.45) is 5.92 Å². The fourth-order valence-corrected chi connectivity index (χ4v) is 2.77. The fraction of sp³-hybridized carbons (Fsp3) is 0.667. The van der Waals surface area contributed by atoms with Crippen LogP contribution in [0, 0.1) is 5.92 Å². The van der Waals surface area contributed by atoms with Gasteiger partial charge in [-0.15, -0.1) is 0 Å². The minimum atomic E-state index is -0.143. The molecule has 0 aliphatic carbocycles. The molecule has 0 spiro atoms. The third-order valence-corrected chi connectivity index (χ3v) is 3.99. The van der Waals surface area contributed by atoms with Crippen LogP contribution < -0.4 is 16.0 Å². The maximum absolute atomic E-state index is 11.6. The predicted molar refractivity (Wildman–Crippen MR) is 88.4 cm³/mol. The molecule has 8 nitrogen and oxygen atoms in total. The number of nitrogen functional groups attached to an aromatic ring is 1. The van der Waals surface area contributed by atoms with Crippen molar-refractivity contribution in [3.05, 3.63) is 6.33 Å². The number of carbonyl (C=O) groups is 1. The van der Waals surface area contributed by atoms with E-state index >= 15 is 0 Å². The lowest BCUT2D eigenvalue weighted by Gasteiger charge is -2.32. The van der Waals surface area contributed by atoms with E-state index in [2.05, 4.69) is 20.2 Å². The lowest BCUT2D eigenvalue weighted by atomic mass is 9.97. The first-order chi connectivity index (χ1) is 11.1. The summed E-state index contributed by atoms with van der Waals surface area (Å²) in [6.07, 6.45) is 2.97. The summed E-state index contributed by atoms with van der Waals surface area (Å²) in [4.78, 5) is 22.2. The van der Waals surface area contributed by atoms with Crippen LogP contribution in [0.4, 0.5) is 17.3 Å². The lowest BCUT2D eigenvalue weighted by molar-refractivity contribution is -0.146. The zero-order valence-corrected chi connectivity index (χ0v) is 13.9. The van der Waals surface area contributed by atoms with Crippen LogP contribution in [0.2, 0.25) is 0 Å². The van der Waals surface area contributed by atoms with Crippen LogP contribution in [0.3, 0.4) is 0 Å². The highest BCUT2D eigenvalue weighted by Gasteiger charge is 2.27. The van der Waals surface area contributed by atoms with E-state index in [0.29, 0.717) is 37.0 Å². The Morgan fingerprint density at radius 1 is 1.43 bits per heavy atom. The van der Waals surface area contributed by atoms with E-state index in [1.807, 2.05) is 6.92 Å². The Kier molecular flexibility index (Phi) is 5.97. The highest BCUT2D eigenvalue weighted by atomic mass is 16.5. The second kappa shape index (κ2) is 7.96. The second-order valence-corrected chi connectivity index (χ2v) is 5.74. The van der Waals surface area contributed by atoms with Gasteiger partial charge in [0.15, 0.2) is 11.6 Å². The smallest absolute Gasteiger partial charge is 0.308 e. The van der Waals surface area contributed by atoms with Crippen molar-refractivity contribution in [1.29, 1.82) is 0 Å². The van der Waals surface area contributed by atoms with E-state index in [-0.39, 0.29) is 17.9 Å². The molecule has 0 amide bonds. The van der Waals surface area contributed by atoms with Gasteiger partial charge in [0.05, 0.1) is 19.6 Å². The number of ether oxygens (including phenoxy) is 2. The van der Waals surface area contributed by atoms with Crippen LogP contribution in [0.5, 0.6) is 0 Å². The van der Waals surface area contributed by atoms with Crippen molar-refractivity contribution in [2.75, 3.05) is 49.9 Å². The molecule has 1 aliphatic rings. The van der Waals surface area contributed by atoms with Gasteiger partial charge >= 0.3 is 5.97 Å². The van der Waals surface area contributed by atoms with Crippen molar-refractivity contribution < 1.29 is 14.3 Å². The van der Waals surface area contributed by atoms with Gasteiger partial charge < -0.3 is 25.4 Å². The van der Waals surface area contributed by atoms with Gasteiger partial charge in [-0.25, -0.2) is 9.97 Å². The number of carbonyl (C=O) groups excluding carboxylic acids is 1. The van der Waals surface area contributed by atoms with E-state index in [1.165, 1.54) is 13.4 Å². The van der Waals surface area contributed by atoms with E-state index in [0.717, 1.165) is 12.8 Å². The van der Waals surface area contributed by atoms with Crippen molar-refractivity contribution in [3.8, 4) is 0 Å². The molecule has 0 aromatic carbocycles. The number of nitrogens with one attached hydrogen (secondary N) is 1. The average Bonchev–Trinajstić information content (AvgIpc) is 2.56. The maximum Gasteiger partial charge on any atom is 0.308 e. The summed E-state index contributed by atoms with van der Waals surface area (Å²) in [5.41, 5.74) is 6.74. The van der Waals surface area contributed by atoms with Crippen LogP contribution in [-0.2, 0) is 14.3 Å². The van der Waals surface area contributed by atoms with Crippen LogP contribution in [0.15, 0.2) is 6.33 Å². The first-order valence-electron chi connectivity index (χ1n) is 7.75. The maximum atomic E-state index is 11.6. The number of rotatable bonds is 6. The van der Waals surface area contributed by atoms with E-state index in [4.69, 9.17) is 15.2 Å². The predicted octanol–water partition coefficient (Wildman–Crippen LogP) is 0.895. The normalized spacial score (nSPS) is 16.9. The minimum absolute atomic E-state index is 0.0429. The number of hydrogen-bond acceptors (Lipinski definition) is 8. The Hall–Kier alpha value is -2.09.